The molecule has 0 bridgehead atoms. The number of aromatic nitrogens is 3. The van der Waals surface area contributed by atoms with Crippen molar-refractivity contribution in [1.29, 1.82) is 0 Å². The molecule has 1 fully saturated rings. The molecule has 6 heteroatoms. The van der Waals surface area contributed by atoms with Crippen molar-refractivity contribution in [2.45, 2.75) is 31.7 Å². The third kappa shape index (κ3) is 3.33. The van der Waals surface area contributed by atoms with E-state index in [9.17, 15) is 4.79 Å². The van der Waals surface area contributed by atoms with Gasteiger partial charge in [0.2, 0.25) is 5.91 Å². The van der Waals surface area contributed by atoms with E-state index in [2.05, 4.69) is 15.1 Å². The van der Waals surface area contributed by atoms with E-state index < -0.39 is 0 Å². The van der Waals surface area contributed by atoms with Crippen LogP contribution in [0.25, 0.3) is 11.3 Å². The zero-order valence-corrected chi connectivity index (χ0v) is 13.9. The molecule has 0 aliphatic carbocycles. The molecule has 128 valence electrons. The highest BCUT2D eigenvalue weighted by molar-refractivity contribution is 5.78. The van der Waals surface area contributed by atoms with E-state index in [1.54, 1.807) is 6.07 Å². The second-order valence-electron chi connectivity index (χ2n) is 6.31. The Kier molecular flexibility index (Phi) is 4.33. The fourth-order valence-corrected chi connectivity index (χ4v) is 3.37. The SMILES string of the molecule is O=C(Cc1ccon1)N1CCCC[C@@H]1c1ncc(-c2ccccc2)[nH]1. The summed E-state index contributed by atoms with van der Waals surface area (Å²) < 4.78 is 4.83. The highest BCUT2D eigenvalue weighted by atomic mass is 16.5. The molecule has 0 spiro atoms. The molecular weight excluding hydrogens is 316 g/mol. The highest BCUT2D eigenvalue weighted by Crippen LogP contribution is 2.31. The number of carbonyl (C=O) groups is 1. The molecule has 3 heterocycles. The van der Waals surface area contributed by atoms with Crippen LogP contribution in [-0.2, 0) is 11.2 Å². The van der Waals surface area contributed by atoms with Gasteiger partial charge in [-0.1, -0.05) is 35.5 Å². The number of benzene rings is 1. The van der Waals surface area contributed by atoms with E-state index in [0.717, 1.165) is 42.9 Å². The number of hydrogen-bond acceptors (Lipinski definition) is 4. The third-order valence-electron chi connectivity index (χ3n) is 4.64. The molecule has 1 aliphatic heterocycles. The van der Waals surface area contributed by atoms with Crippen LogP contribution in [0.15, 0.2) is 53.4 Å². The number of likely N-dealkylation sites (tertiary alicyclic amines) is 1. The van der Waals surface area contributed by atoms with Gasteiger partial charge in [-0.15, -0.1) is 0 Å². The second kappa shape index (κ2) is 6.93. The number of hydrogen-bond donors (Lipinski definition) is 1. The average Bonchev–Trinajstić information content (AvgIpc) is 3.34. The maximum absolute atomic E-state index is 12.7. The lowest BCUT2D eigenvalue weighted by Crippen LogP contribution is -2.39. The predicted octanol–water partition coefficient (Wildman–Crippen LogP) is 3.36. The maximum Gasteiger partial charge on any atom is 0.229 e. The lowest BCUT2D eigenvalue weighted by Gasteiger charge is -2.34. The third-order valence-corrected chi connectivity index (χ3v) is 4.64. The summed E-state index contributed by atoms with van der Waals surface area (Å²) in [5, 5.41) is 3.85. The average molecular weight is 336 g/mol. The van der Waals surface area contributed by atoms with E-state index in [0.29, 0.717) is 5.69 Å². The number of aromatic amines is 1. The van der Waals surface area contributed by atoms with E-state index in [4.69, 9.17) is 4.52 Å². The van der Waals surface area contributed by atoms with Crippen LogP contribution in [0.5, 0.6) is 0 Å². The van der Waals surface area contributed by atoms with Gasteiger partial charge in [-0.3, -0.25) is 4.79 Å². The molecule has 1 aliphatic rings. The molecule has 0 radical (unpaired) electrons. The minimum atomic E-state index is -0.00869. The molecule has 1 atom stereocenters. The Morgan fingerprint density at radius 2 is 2.12 bits per heavy atom. The predicted molar refractivity (Wildman–Crippen MR) is 92.5 cm³/mol. The molecule has 2 aromatic heterocycles. The van der Waals surface area contributed by atoms with Gasteiger partial charge in [-0.2, -0.15) is 0 Å². The van der Waals surface area contributed by atoms with Crippen molar-refractivity contribution in [3.63, 3.8) is 0 Å². The number of H-pyrrole nitrogens is 1. The Bertz CT molecular complexity index is 826. The molecule has 1 aromatic carbocycles. The molecule has 4 rings (SSSR count). The Hall–Kier alpha value is -2.89. The van der Waals surface area contributed by atoms with Gasteiger partial charge in [0.05, 0.1) is 30.0 Å². The Labute approximate surface area is 145 Å². The van der Waals surface area contributed by atoms with Crippen molar-refractivity contribution in [3.05, 3.63) is 60.4 Å². The number of amides is 1. The van der Waals surface area contributed by atoms with Crippen LogP contribution >= 0.6 is 0 Å². The zero-order valence-electron chi connectivity index (χ0n) is 13.9. The summed E-state index contributed by atoms with van der Waals surface area (Å²) in [5.41, 5.74) is 2.74. The van der Waals surface area contributed by atoms with E-state index in [1.807, 2.05) is 41.4 Å². The quantitative estimate of drug-likeness (QED) is 0.793. The van der Waals surface area contributed by atoms with Crippen LogP contribution in [0.4, 0.5) is 0 Å². The van der Waals surface area contributed by atoms with Crippen molar-refractivity contribution in [2.24, 2.45) is 0 Å². The fraction of sp³-hybridized carbons (Fsp3) is 0.316. The molecule has 0 unspecified atom stereocenters. The van der Waals surface area contributed by atoms with Gasteiger partial charge >= 0.3 is 0 Å². The largest absolute Gasteiger partial charge is 0.364 e. The summed E-state index contributed by atoms with van der Waals surface area (Å²) >= 11 is 0. The number of piperidine rings is 1. The molecule has 25 heavy (non-hydrogen) atoms. The zero-order chi connectivity index (χ0) is 17.1. The van der Waals surface area contributed by atoms with Gasteiger partial charge in [0.15, 0.2) is 0 Å². The summed E-state index contributed by atoms with van der Waals surface area (Å²) in [6.07, 6.45) is 6.65. The van der Waals surface area contributed by atoms with Gasteiger partial charge in [-0.25, -0.2) is 4.98 Å². The fourth-order valence-electron chi connectivity index (χ4n) is 3.37. The van der Waals surface area contributed by atoms with Crippen LogP contribution in [0.2, 0.25) is 0 Å². The summed E-state index contributed by atoms with van der Waals surface area (Å²) in [6.45, 7) is 0.753. The minimum Gasteiger partial charge on any atom is -0.364 e. The Morgan fingerprint density at radius 3 is 2.92 bits per heavy atom. The van der Waals surface area contributed by atoms with Crippen LogP contribution in [-0.4, -0.2) is 32.5 Å². The highest BCUT2D eigenvalue weighted by Gasteiger charge is 2.30. The van der Waals surface area contributed by atoms with Crippen molar-refractivity contribution in [2.75, 3.05) is 6.54 Å². The minimum absolute atomic E-state index is 0.00869. The monoisotopic (exact) mass is 336 g/mol. The standard InChI is InChI=1S/C19H20N4O2/c24-18(12-15-9-11-25-22-15)23-10-5-4-8-17(23)19-20-13-16(21-19)14-6-2-1-3-7-14/h1-3,6-7,9,11,13,17H,4-5,8,10,12H2,(H,20,21)/t17-/m1/s1. The number of rotatable bonds is 4. The Morgan fingerprint density at radius 1 is 1.24 bits per heavy atom. The lowest BCUT2D eigenvalue weighted by molar-refractivity contribution is -0.134. The van der Waals surface area contributed by atoms with Gasteiger partial charge in [0.1, 0.15) is 12.1 Å². The van der Waals surface area contributed by atoms with Crippen molar-refractivity contribution in [1.82, 2.24) is 20.0 Å². The van der Waals surface area contributed by atoms with Gasteiger partial charge in [0.25, 0.3) is 0 Å². The molecule has 1 N–H and O–H groups in total. The number of carbonyl (C=O) groups excluding carboxylic acids is 1. The summed E-state index contributed by atoms with van der Waals surface area (Å²) in [6, 6.07) is 11.8. The number of nitrogens with one attached hydrogen (secondary N) is 1. The Balaban J connectivity index is 1.55. The van der Waals surface area contributed by atoms with Gasteiger partial charge < -0.3 is 14.4 Å². The van der Waals surface area contributed by atoms with Crippen LogP contribution < -0.4 is 0 Å². The summed E-state index contributed by atoms with van der Waals surface area (Å²) in [4.78, 5) is 22.6. The van der Waals surface area contributed by atoms with Gasteiger partial charge in [0, 0.05) is 12.6 Å². The lowest BCUT2D eigenvalue weighted by atomic mass is 10.0. The molecule has 1 amide bonds. The molecule has 0 saturated carbocycles. The van der Waals surface area contributed by atoms with Crippen LogP contribution in [0.1, 0.15) is 36.8 Å². The molecule has 1 saturated heterocycles. The van der Waals surface area contributed by atoms with Crippen LogP contribution in [0.3, 0.4) is 0 Å². The van der Waals surface area contributed by atoms with Gasteiger partial charge in [-0.05, 0) is 24.8 Å². The summed E-state index contributed by atoms with van der Waals surface area (Å²) in [5.74, 6) is 0.920. The van der Waals surface area contributed by atoms with E-state index in [1.165, 1.54) is 6.26 Å². The first-order valence-electron chi connectivity index (χ1n) is 8.60. The molecule has 6 nitrogen and oxygen atoms in total. The van der Waals surface area contributed by atoms with Crippen LogP contribution in [0, 0.1) is 0 Å². The van der Waals surface area contributed by atoms with E-state index >= 15 is 0 Å². The normalized spacial score (nSPS) is 17.6. The second-order valence-corrected chi connectivity index (χ2v) is 6.31. The van der Waals surface area contributed by atoms with E-state index in [-0.39, 0.29) is 18.4 Å². The first kappa shape index (κ1) is 15.6. The summed E-state index contributed by atoms with van der Waals surface area (Å²) in [7, 11) is 0. The van der Waals surface area contributed by atoms with Crippen molar-refractivity contribution >= 4 is 5.91 Å². The topological polar surface area (TPSA) is 75.0 Å². The first-order valence-corrected chi connectivity index (χ1v) is 8.60. The maximum atomic E-state index is 12.7. The molecule has 3 aromatic rings. The van der Waals surface area contributed by atoms with Crippen molar-refractivity contribution < 1.29 is 9.32 Å². The molecular formula is C19H20N4O2. The van der Waals surface area contributed by atoms with Crippen molar-refractivity contribution in [3.8, 4) is 11.3 Å². The number of nitrogens with zero attached hydrogens (tertiary/aromatic N) is 3. The number of imidazole rings is 1. The first-order chi connectivity index (χ1) is 12.3. The smallest absolute Gasteiger partial charge is 0.229 e.